The van der Waals surface area contributed by atoms with Crippen LogP contribution in [0.3, 0.4) is 0 Å². The van der Waals surface area contributed by atoms with Crippen molar-refractivity contribution in [3.05, 3.63) is 52.5 Å². The smallest absolute Gasteiger partial charge is 0.326 e. The minimum Gasteiger partial charge on any atom is -0.478 e. The average Bonchev–Trinajstić information content (AvgIpc) is 3.16. The van der Waals surface area contributed by atoms with E-state index in [1.165, 1.54) is 6.07 Å². The first-order valence-electron chi connectivity index (χ1n) is 12.0. The normalized spacial score (nSPS) is 14.9. The van der Waals surface area contributed by atoms with Crippen molar-refractivity contribution in [3.8, 4) is 17.0 Å². The Hall–Kier alpha value is -3.30. The fourth-order valence-corrected chi connectivity index (χ4v) is 4.71. The minimum atomic E-state index is -0.387. The van der Waals surface area contributed by atoms with Crippen LogP contribution in [0.2, 0.25) is 0 Å². The summed E-state index contributed by atoms with van der Waals surface area (Å²) in [6.45, 7) is 2.80. The van der Waals surface area contributed by atoms with Crippen LogP contribution in [0, 0.1) is 5.82 Å². The summed E-state index contributed by atoms with van der Waals surface area (Å²) in [4.78, 5) is 26.8. The van der Waals surface area contributed by atoms with E-state index in [1.807, 2.05) is 14.1 Å². The summed E-state index contributed by atoms with van der Waals surface area (Å²) in [5, 5.41) is 0.703. The third-order valence-electron chi connectivity index (χ3n) is 6.60. The van der Waals surface area contributed by atoms with Crippen LogP contribution in [0.15, 0.2) is 35.3 Å². The molecule has 184 valence electrons. The number of aromatic nitrogens is 4. The van der Waals surface area contributed by atoms with E-state index in [0.29, 0.717) is 53.2 Å². The van der Waals surface area contributed by atoms with Crippen molar-refractivity contribution < 1.29 is 13.9 Å². The predicted octanol–water partition coefficient (Wildman–Crippen LogP) is 3.84. The molecule has 0 bridgehead atoms. The second-order valence-corrected chi connectivity index (χ2v) is 9.34. The molecule has 0 spiro atoms. The van der Waals surface area contributed by atoms with Crippen LogP contribution in [0.4, 0.5) is 4.39 Å². The Morgan fingerprint density at radius 1 is 1.26 bits per heavy atom. The van der Waals surface area contributed by atoms with Crippen molar-refractivity contribution in [1.29, 1.82) is 0 Å². The number of H-pyrrole nitrogens is 1. The van der Waals surface area contributed by atoms with Gasteiger partial charge in [-0.2, -0.15) is 0 Å². The molecule has 1 fully saturated rings. The van der Waals surface area contributed by atoms with Crippen LogP contribution < -0.4 is 10.4 Å². The monoisotopic (exact) mass is 479 g/mol. The summed E-state index contributed by atoms with van der Waals surface area (Å²) in [7, 11) is 5.78. The fourth-order valence-electron chi connectivity index (χ4n) is 4.71. The first kappa shape index (κ1) is 23.4. The summed E-state index contributed by atoms with van der Waals surface area (Å²) < 4.78 is 28.1. The number of benzene rings is 1. The van der Waals surface area contributed by atoms with E-state index in [1.54, 1.807) is 36.0 Å². The van der Waals surface area contributed by atoms with Gasteiger partial charge in [-0.25, -0.2) is 14.2 Å². The topological polar surface area (TPSA) is 85.3 Å². The maximum absolute atomic E-state index is 15.3. The Kier molecular flexibility index (Phi) is 6.53. The van der Waals surface area contributed by atoms with Gasteiger partial charge in [-0.05, 0) is 45.5 Å². The number of pyridine rings is 2. The third-order valence-corrected chi connectivity index (χ3v) is 6.60. The van der Waals surface area contributed by atoms with Crippen molar-refractivity contribution >= 4 is 21.9 Å². The molecule has 35 heavy (non-hydrogen) atoms. The van der Waals surface area contributed by atoms with E-state index in [2.05, 4.69) is 14.9 Å². The van der Waals surface area contributed by atoms with Gasteiger partial charge < -0.3 is 19.4 Å². The molecule has 3 aromatic heterocycles. The Morgan fingerprint density at radius 3 is 2.77 bits per heavy atom. The predicted molar refractivity (Wildman–Crippen MR) is 133 cm³/mol. The molecule has 0 aliphatic carbocycles. The van der Waals surface area contributed by atoms with Gasteiger partial charge in [0, 0.05) is 67.6 Å². The molecule has 1 N–H and O–H groups in total. The van der Waals surface area contributed by atoms with Crippen molar-refractivity contribution in [3.63, 3.8) is 0 Å². The van der Waals surface area contributed by atoms with Crippen molar-refractivity contribution in [1.82, 2.24) is 24.4 Å². The Morgan fingerprint density at radius 2 is 2.06 bits per heavy atom. The van der Waals surface area contributed by atoms with Crippen molar-refractivity contribution in [2.24, 2.45) is 7.05 Å². The summed E-state index contributed by atoms with van der Waals surface area (Å²) in [5.74, 6) is 0.280. The highest BCUT2D eigenvalue weighted by molar-refractivity contribution is 6.05. The minimum absolute atomic E-state index is 0.161. The first-order valence-corrected chi connectivity index (χ1v) is 12.0. The molecule has 1 saturated heterocycles. The number of rotatable bonds is 7. The van der Waals surface area contributed by atoms with E-state index in [4.69, 9.17) is 14.5 Å². The van der Waals surface area contributed by atoms with Gasteiger partial charge in [-0.3, -0.25) is 9.55 Å². The molecule has 1 aliphatic rings. The number of aromatic amines is 1. The van der Waals surface area contributed by atoms with Gasteiger partial charge in [-0.1, -0.05) is 0 Å². The van der Waals surface area contributed by atoms with Crippen LogP contribution in [-0.2, 0) is 11.8 Å². The number of imidazole rings is 1. The van der Waals surface area contributed by atoms with Gasteiger partial charge in [0.25, 0.3) is 0 Å². The SMILES string of the molecule is CN(C)CCCOc1ccc(-c2cc3c(cc2F)nc(C2CCOCC2)c2c3[nH]c(=O)n2C)cn1. The highest BCUT2D eigenvalue weighted by Crippen LogP contribution is 2.36. The zero-order chi connectivity index (χ0) is 24.5. The zero-order valence-corrected chi connectivity index (χ0v) is 20.3. The molecule has 1 aromatic carbocycles. The zero-order valence-electron chi connectivity index (χ0n) is 20.3. The van der Waals surface area contributed by atoms with Gasteiger partial charge >= 0.3 is 5.69 Å². The number of fused-ring (bicyclic) bond motifs is 3. The number of hydrogen-bond acceptors (Lipinski definition) is 6. The Balaban J connectivity index is 1.52. The Labute approximate surface area is 202 Å². The van der Waals surface area contributed by atoms with Gasteiger partial charge in [0.2, 0.25) is 5.88 Å². The maximum Gasteiger partial charge on any atom is 0.326 e. The summed E-state index contributed by atoms with van der Waals surface area (Å²) >= 11 is 0. The van der Waals surface area contributed by atoms with Crippen LogP contribution in [0.1, 0.15) is 30.9 Å². The van der Waals surface area contributed by atoms with E-state index in [9.17, 15) is 4.79 Å². The number of nitrogens with zero attached hydrogens (tertiary/aromatic N) is 4. The second kappa shape index (κ2) is 9.75. The molecule has 0 amide bonds. The van der Waals surface area contributed by atoms with E-state index < -0.39 is 0 Å². The van der Waals surface area contributed by atoms with Crippen LogP contribution in [-0.4, -0.2) is 64.9 Å². The molecule has 5 rings (SSSR count). The molecule has 8 nitrogen and oxygen atoms in total. The Bertz CT molecular complexity index is 1410. The molecule has 0 saturated carbocycles. The summed E-state index contributed by atoms with van der Waals surface area (Å²) in [6, 6.07) is 6.75. The number of aryl methyl sites for hydroxylation is 1. The summed E-state index contributed by atoms with van der Waals surface area (Å²) in [5.41, 5.74) is 3.61. The lowest BCUT2D eigenvalue weighted by Gasteiger charge is -2.23. The summed E-state index contributed by atoms with van der Waals surface area (Å²) in [6.07, 6.45) is 4.15. The maximum atomic E-state index is 15.3. The highest BCUT2D eigenvalue weighted by Gasteiger charge is 2.24. The molecular formula is C26H30FN5O3. The number of ether oxygens (including phenoxy) is 2. The van der Waals surface area contributed by atoms with E-state index in [0.717, 1.165) is 37.0 Å². The molecule has 4 aromatic rings. The second-order valence-electron chi connectivity index (χ2n) is 9.34. The molecule has 4 heterocycles. The molecule has 0 unspecified atom stereocenters. The molecule has 0 atom stereocenters. The van der Waals surface area contributed by atoms with Crippen molar-refractivity contribution in [2.75, 3.05) is 40.5 Å². The molecule has 9 heteroatoms. The largest absolute Gasteiger partial charge is 0.478 e. The molecule has 0 radical (unpaired) electrons. The lowest BCUT2D eigenvalue weighted by Crippen LogP contribution is -2.17. The lowest BCUT2D eigenvalue weighted by atomic mass is 9.93. The third kappa shape index (κ3) is 4.66. The number of hydrogen-bond donors (Lipinski definition) is 1. The van der Waals surface area contributed by atoms with Gasteiger partial charge in [0.1, 0.15) is 5.82 Å². The fraction of sp³-hybridized carbons (Fsp3) is 0.423. The lowest BCUT2D eigenvalue weighted by molar-refractivity contribution is 0.0848. The first-order chi connectivity index (χ1) is 16.9. The van der Waals surface area contributed by atoms with Gasteiger partial charge in [-0.15, -0.1) is 0 Å². The number of halogens is 1. The molecule has 1 aliphatic heterocycles. The van der Waals surface area contributed by atoms with E-state index >= 15 is 4.39 Å². The highest BCUT2D eigenvalue weighted by atomic mass is 19.1. The average molecular weight is 480 g/mol. The van der Waals surface area contributed by atoms with Crippen LogP contribution in [0.5, 0.6) is 5.88 Å². The van der Waals surface area contributed by atoms with E-state index in [-0.39, 0.29) is 17.4 Å². The van der Waals surface area contributed by atoms with Crippen LogP contribution in [0.25, 0.3) is 33.1 Å². The van der Waals surface area contributed by atoms with Crippen molar-refractivity contribution in [2.45, 2.75) is 25.2 Å². The van der Waals surface area contributed by atoms with Crippen LogP contribution >= 0.6 is 0 Å². The number of nitrogens with one attached hydrogen (secondary N) is 1. The molecular weight excluding hydrogens is 449 g/mol. The standard InChI is InChI=1S/C26H30FN5O3/c1-31(2)9-4-10-35-22-6-5-17(15-28-22)18-13-19-21(14-20(18)27)29-23(16-7-11-34-12-8-16)25-24(19)30-26(33)32(25)3/h5-6,13-16H,4,7-12H2,1-3H3,(H,30,33). The van der Waals surface area contributed by atoms with Gasteiger partial charge in [0.05, 0.1) is 28.9 Å². The quantitative estimate of drug-likeness (QED) is 0.406. The van der Waals surface area contributed by atoms with Gasteiger partial charge in [0.15, 0.2) is 0 Å².